The van der Waals surface area contributed by atoms with Gasteiger partial charge in [-0.25, -0.2) is 0 Å². The Morgan fingerprint density at radius 3 is 1.42 bits per heavy atom. The Balaban J connectivity index is 0.957. The van der Waals surface area contributed by atoms with Crippen molar-refractivity contribution in [2.45, 2.75) is 87.6 Å². The molecule has 2 aliphatic carbocycles. The monoisotopic (exact) mass is 844 g/mol. The van der Waals surface area contributed by atoms with Crippen LogP contribution in [0.1, 0.15) is 106 Å². The van der Waals surface area contributed by atoms with Crippen molar-refractivity contribution in [2.75, 3.05) is 13.2 Å². The summed E-state index contributed by atoms with van der Waals surface area (Å²) in [6.45, 7) is 0.656. The summed E-state index contributed by atoms with van der Waals surface area (Å²) in [5, 5.41) is 36.1. The fraction of sp³-hybridized carbons (Fsp3) is 0.340. The molecule has 2 unspecified atom stereocenters. The highest BCUT2D eigenvalue weighted by molar-refractivity contribution is 6.32. The van der Waals surface area contributed by atoms with Crippen LogP contribution < -0.4 is 21.3 Å². The second-order valence-electron chi connectivity index (χ2n) is 17.2. The fourth-order valence-corrected chi connectivity index (χ4v) is 10.7. The second-order valence-corrected chi connectivity index (χ2v) is 18.0. The maximum absolute atomic E-state index is 15.0. The van der Waals surface area contributed by atoms with E-state index in [0.29, 0.717) is 34.3 Å². The normalized spacial score (nSPS) is 20.1. The smallest absolute Gasteiger partial charge is 0.251 e. The quantitative estimate of drug-likeness (QED) is 0.0693. The van der Waals surface area contributed by atoms with Crippen molar-refractivity contribution in [1.29, 1.82) is 0 Å². The number of rotatable bonds is 10. The van der Waals surface area contributed by atoms with Gasteiger partial charge in [-0.15, -0.1) is 0 Å². The topological polar surface area (TPSA) is 171 Å². The predicted molar refractivity (Wildman–Crippen MR) is 233 cm³/mol. The number of ketones is 1. The molecule has 10 rings (SSSR count). The van der Waals surface area contributed by atoms with Crippen LogP contribution in [-0.4, -0.2) is 62.1 Å². The number of hydrogen-bond donors (Lipinski definition) is 8. The number of aliphatic hydroxyl groups excluding tert-OH is 2. The van der Waals surface area contributed by atoms with Crippen molar-refractivity contribution >= 4 is 62.6 Å². The molecule has 6 aromatic rings. The second kappa shape index (κ2) is 15.2. The molecule has 0 radical (unpaired) electrons. The van der Waals surface area contributed by atoms with E-state index in [1.807, 2.05) is 60.7 Å². The van der Waals surface area contributed by atoms with Crippen molar-refractivity contribution in [3.63, 3.8) is 0 Å². The van der Waals surface area contributed by atoms with Crippen LogP contribution >= 0.6 is 23.2 Å². The lowest BCUT2D eigenvalue weighted by atomic mass is 9.87. The van der Waals surface area contributed by atoms with E-state index >= 15 is 0 Å². The number of aromatic nitrogens is 2. The van der Waals surface area contributed by atoms with Gasteiger partial charge in [-0.05, 0) is 109 Å². The number of Topliss-reactive ketones (excluding diaryl/α,β-unsaturated/α-hetero) is 1. The van der Waals surface area contributed by atoms with Crippen LogP contribution in [0, 0.1) is 0 Å². The summed E-state index contributed by atoms with van der Waals surface area (Å²) in [4.78, 5) is 48.8. The van der Waals surface area contributed by atoms with Gasteiger partial charge in [0.25, 0.3) is 11.8 Å². The first-order valence-corrected chi connectivity index (χ1v) is 21.6. The number of aromatic amines is 2. The minimum absolute atomic E-state index is 0.0703. The van der Waals surface area contributed by atoms with Crippen LogP contribution in [0.5, 0.6) is 0 Å². The Morgan fingerprint density at radius 1 is 0.600 bits per heavy atom. The van der Waals surface area contributed by atoms with Crippen molar-refractivity contribution in [3.05, 3.63) is 116 Å². The number of H-pyrrole nitrogens is 2. The molecule has 2 aliphatic heterocycles. The maximum atomic E-state index is 15.0. The summed E-state index contributed by atoms with van der Waals surface area (Å²) >= 11 is 13.6. The summed E-state index contributed by atoms with van der Waals surface area (Å²) in [7, 11) is 0. The Kier molecular flexibility index (Phi) is 9.89. The third-order valence-corrected chi connectivity index (χ3v) is 14.3. The molecule has 2 fully saturated rings. The number of hydrogen-bond acceptors (Lipinski definition) is 7. The molecule has 0 bridgehead atoms. The number of benzene rings is 4. The standard InChI is InChI=1S/C47H46Cl2N6O5/c48-33-9-7-29(37-19-27-17-25(5-11-35(27)52-37)44(59)54-46(23-56)13-1-2-14-46)39-31(33)21-50-41(39)43(58)42-40-30(8-10-34(49)32(40)22-51-42)38-20-28-18-26(6-12-36(28)53-38)45(60)55-47(24-57)15-3-4-16-47/h5-12,17-20,41-42,50-53,56-57H,1-4,13-16,21-24H2,(H,54,59)(H,55,60). The largest absolute Gasteiger partial charge is 0.394 e. The van der Waals surface area contributed by atoms with E-state index in [9.17, 15) is 24.6 Å². The van der Waals surface area contributed by atoms with Crippen LogP contribution in [0.3, 0.4) is 0 Å². The highest BCUT2D eigenvalue weighted by Crippen LogP contribution is 2.45. The Hall–Kier alpha value is -5.01. The first kappa shape index (κ1) is 39.1. The molecular weight excluding hydrogens is 799 g/mol. The van der Waals surface area contributed by atoms with E-state index in [-0.39, 0.29) is 30.8 Å². The minimum atomic E-state index is -0.691. The number of fused-ring (bicyclic) bond motifs is 4. The van der Waals surface area contributed by atoms with E-state index in [2.05, 4.69) is 31.2 Å². The summed E-state index contributed by atoms with van der Waals surface area (Å²) in [6.07, 6.45) is 6.95. The number of halogens is 2. The third kappa shape index (κ3) is 6.63. The number of aliphatic hydroxyl groups is 2. The van der Waals surface area contributed by atoms with Crippen molar-refractivity contribution in [1.82, 2.24) is 31.2 Å². The molecule has 2 aromatic heterocycles. The molecule has 4 aliphatic rings. The minimum Gasteiger partial charge on any atom is -0.394 e. The average molecular weight is 846 g/mol. The number of nitrogens with one attached hydrogen (secondary N) is 6. The summed E-state index contributed by atoms with van der Waals surface area (Å²) < 4.78 is 0. The first-order valence-electron chi connectivity index (χ1n) is 20.8. The van der Waals surface area contributed by atoms with Crippen LogP contribution in [0.15, 0.2) is 72.8 Å². The molecule has 8 N–H and O–H groups in total. The van der Waals surface area contributed by atoms with Crippen LogP contribution in [0.4, 0.5) is 0 Å². The van der Waals surface area contributed by atoms with Gasteiger partial charge in [0.05, 0.1) is 36.4 Å². The molecule has 2 saturated carbocycles. The zero-order chi connectivity index (χ0) is 41.3. The maximum Gasteiger partial charge on any atom is 0.251 e. The van der Waals surface area contributed by atoms with Crippen molar-refractivity contribution < 1.29 is 24.6 Å². The molecule has 60 heavy (non-hydrogen) atoms. The van der Waals surface area contributed by atoms with E-state index in [1.165, 1.54) is 0 Å². The zero-order valence-corrected chi connectivity index (χ0v) is 34.5. The Bertz CT molecular complexity index is 2540. The lowest BCUT2D eigenvalue weighted by molar-refractivity contribution is -0.123. The molecule has 11 nitrogen and oxygen atoms in total. The zero-order valence-electron chi connectivity index (χ0n) is 32.9. The SMILES string of the molecule is O=C(NC1(CO)CCCC1)c1ccc2[nH]c(-c3ccc(Cl)c4c3C(C(=O)C3NCc5c(Cl)ccc(-c6cc7cc(C(=O)NC8(CO)CCCC8)ccc7[nH]6)c53)NC4)cc2c1. The van der Waals surface area contributed by atoms with Gasteiger partial charge in [-0.1, -0.05) is 61.0 Å². The Labute approximate surface area is 356 Å². The molecule has 308 valence electrons. The van der Waals surface area contributed by atoms with Gasteiger partial charge in [-0.2, -0.15) is 0 Å². The van der Waals surface area contributed by atoms with Gasteiger partial charge in [0.15, 0.2) is 5.78 Å². The molecule has 13 heteroatoms. The van der Waals surface area contributed by atoms with Crippen LogP contribution in [0.2, 0.25) is 10.0 Å². The summed E-state index contributed by atoms with van der Waals surface area (Å²) in [5.74, 6) is -0.491. The van der Waals surface area contributed by atoms with Crippen LogP contribution in [-0.2, 0) is 17.9 Å². The van der Waals surface area contributed by atoms with Crippen molar-refractivity contribution in [2.24, 2.45) is 0 Å². The molecule has 2 amide bonds. The highest BCUT2D eigenvalue weighted by atomic mass is 35.5. The molecule has 2 atom stereocenters. The van der Waals surface area contributed by atoms with Gasteiger partial charge in [0.2, 0.25) is 0 Å². The number of carbonyl (C=O) groups is 3. The lowest BCUT2D eigenvalue weighted by Crippen LogP contribution is -2.49. The number of carbonyl (C=O) groups excluding carboxylic acids is 3. The highest BCUT2D eigenvalue weighted by Gasteiger charge is 2.41. The van der Waals surface area contributed by atoms with Crippen molar-refractivity contribution in [3.8, 4) is 22.5 Å². The van der Waals surface area contributed by atoms with E-state index in [0.717, 1.165) is 118 Å². The molecular formula is C47H46Cl2N6O5. The van der Waals surface area contributed by atoms with Gasteiger partial charge in [-0.3, -0.25) is 25.0 Å². The number of amides is 2. The third-order valence-electron chi connectivity index (χ3n) is 13.5. The fourth-order valence-electron chi connectivity index (χ4n) is 10.2. The Morgan fingerprint density at radius 2 is 1.02 bits per heavy atom. The molecule has 0 spiro atoms. The van der Waals surface area contributed by atoms with Gasteiger partial charge in [0.1, 0.15) is 0 Å². The van der Waals surface area contributed by atoms with Gasteiger partial charge in [0, 0.05) is 78.6 Å². The molecule has 4 aromatic carbocycles. The first-order chi connectivity index (χ1) is 29.1. The summed E-state index contributed by atoms with van der Waals surface area (Å²) in [5.41, 5.74) is 8.15. The average Bonchev–Trinajstić information content (AvgIpc) is 4.12. The van der Waals surface area contributed by atoms with Crippen LogP contribution in [0.25, 0.3) is 44.3 Å². The van der Waals surface area contributed by atoms with Gasteiger partial charge < -0.3 is 30.8 Å². The summed E-state index contributed by atoms with van der Waals surface area (Å²) in [6, 6.07) is 21.3. The van der Waals surface area contributed by atoms with Gasteiger partial charge >= 0.3 is 0 Å². The molecule has 4 heterocycles. The van der Waals surface area contributed by atoms with E-state index < -0.39 is 23.2 Å². The predicted octanol–water partition coefficient (Wildman–Crippen LogP) is 7.92. The van der Waals surface area contributed by atoms with E-state index in [1.54, 1.807) is 12.1 Å². The lowest BCUT2D eigenvalue weighted by Gasteiger charge is -2.28. The van der Waals surface area contributed by atoms with E-state index in [4.69, 9.17) is 23.2 Å². The molecule has 0 saturated heterocycles.